The van der Waals surface area contributed by atoms with Crippen LogP contribution >= 0.6 is 15.9 Å². The Labute approximate surface area is 131 Å². The second-order valence-electron chi connectivity index (χ2n) is 4.81. The SMILES string of the molecule is Cc1cc(Br)cc(C(=O)c2ccnn2-c2ccccc2)c1. The molecule has 0 N–H and O–H groups in total. The van der Waals surface area contributed by atoms with Gasteiger partial charge in [0.25, 0.3) is 0 Å². The topological polar surface area (TPSA) is 34.9 Å². The fourth-order valence-corrected chi connectivity index (χ4v) is 2.87. The molecule has 3 rings (SSSR count). The molecule has 1 aromatic heterocycles. The van der Waals surface area contributed by atoms with E-state index < -0.39 is 0 Å². The van der Waals surface area contributed by atoms with Gasteiger partial charge in [0.05, 0.1) is 11.9 Å². The third-order valence-corrected chi connectivity index (χ3v) is 3.64. The van der Waals surface area contributed by atoms with Crippen LogP contribution < -0.4 is 0 Å². The van der Waals surface area contributed by atoms with E-state index in [0.29, 0.717) is 11.3 Å². The molecule has 3 aromatic rings. The van der Waals surface area contributed by atoms with Crippen molar-refractivity contribution in [2.75, 3.05) is 0 Å². The fraction of sp³-hybridized carbons (Fsp3) is 0.0588. The quantitative estimate of drug-likeness (QED) is 0.670. The molecule has 1 heterocycles. The number of rotatable bonds is 3. The van der Waals surface area contributed by atoms with Crippen LogP contribution in [0.5, 0.6) is 0 Å². The van der Waals surface area contributed by atoms with E-state index in [2.05, 4.69) is 21.0 Å². The molecule has 21 heavy (non-hydrogen) atoms. The van der Waals surface area contributed by atoms with Crippen molar-refractivity contribution in [3.63, 3.8) is 0 Å². The lowest BCUT2D eigenvalue weighted by molar-refractivity contribution is 0.103. The van der Waals surface area contributed by atoms with Crippen LogP contribution in [0.3, 0.4) is 0 Å². The van der Waals surface area contributed by atoms with Gasteiger partial charge in [-0.1, -0.05) is 34.1 Å². The van der Waals surface area contributed by atoms with E-state index >= 15 is 0 Å². The van der Waals surface area contributed by atoms with E-state index in [1.807, 2.05) is 55.5 Å². The maximum absolute atomic E-state index is 12.7. The van der Waals surface area contributed by atoms with E-state index in [4.69, 9.17) is 0 Å². The third-order valence-electron chi connectivity index (χ3n) is 3.18. The summed E-state index contributed by atoms with van der Waals surface area (Å²) in [5.74, 6) is -0.0410. The van der Waals surface area contributed by atoms with Crippen molar-refractivity contribution < 1.29 is 4.79 Å². The van der Waals surface area contributed by atoms with Gasteiger partial charge in [-0.25, -0.2) is 4.68 Å². The van der Waals surface area contributed by atoms with Crippen LogP contribution in [0, 0.1) is 6.92 Å². The molecule has 3 nitrogen and oxygen atoms in total. The summed E-state index contributed by atoms with van der Waals surface area (Å²) in [4.78, 5) is 12.7. The molecular weight excluding hydrogens is 328 g/mol. The summed E-state index contributed by atoms with van der Waals surface area (Å²) in [6.07, 6.45) is 1.64. The summed E-state index contributed by atoms with van der Waals surface area (Å²) in [5.41, 5.74) is 3.12. The molecule has 0 aliphatic heterocycles. The maximum Gasteiger partial charge on any atom is 0.211 e. The van der Waals surface area contributed by atoms with Gasteiger partial charge in [-0.15, -0.1) is 0 Å². The van der Waals surface area contributed by atoms with Crippen molar-refractivity contribution in [1.29, 1.82) is 0 Å². The molecule has 0 radical (unpaired) electrons. The minimum absolute atomic E-state index is 0.0410. The minimum Gasteiger partial charge on any atom is -0.287 e. The van der Waals surface area contributed by atoms with Crippen LogP contribution in [0.15, 0.2) is 65.3 Å². The standard InChI is InChI=1S/C17H13BrN2O/c1-12-9-13(11-14(18)10-12)17(21)16-7-8-19-20(16)15-5-3-2-4-6-15/h2-11H,1H3. The maximum atomic E-state index is 12.7. The van der Waals surface area contributed by atoms with E-state index in [-0.39, 0.29) is 5.78 Å². The van der Waals surface area contributed by atoms with Gasteiger partial charge in [0.1, 0.15) is 5.69 Å². The van der Waals surface area contributed by atoms with Crippen LogP contribution in [-0.4, -0.2) is 15.6 Å². The molecule has 0 unspecified atom stereocenters. The smallest absolute Gasteiger partial charge is 0.211 e. The third kappa shape index (κ3) is 2.81. The number of aryl methyl sites for hydroxylation is 1. The van der Waals surface area contributed by atoms with Crippen molar-refractivity contribution >= 4 is 21.7 Å². The van der Waals surface area contributed by atoms with E-state index in [9.17, 15) is 4.79 Å². The molecule has 2 aromatic carbocycles. The van der Waals surface area contributed by atoms with Crippen molar-refractivity contribution in [2.24, 2.45) is 0 Å². The highest BCUT2D eigenvalue weighted by molar-refractivity contribution is 9.10. The highest BCUT2D eigenvalue weighted by Crippen LogP contribution is 2.19. The van der Waals surface area contributed by atoms with Gasteiger partial charge in [-0.3, -0.25) is 4.79 Å². The van der Waals surface area contributed by atoms with Gasteiger partial charge in [0, 0.05) is 10.0 Å². The second kappa shape index (κ2) is 5.66. The molecular formula is C17H13BrN2O. The lowest BCUT2D eigenvalue weighted by atomic mass is 10.1. The van der Waals surface area contributed by atoms with Crippen molar-refractivity contribution in [3.05, 3.63) is 82.1 Å². The number of carbonyl (C=O) groups is 1. The summed E-state index contributed by atoms with van der Waals surface area (Å²) < 4.78 is 2.56. The number of hydrogen-bond donors (Lipinski definition) is 0. The first-order valence-electron chi connectivity index (χ1n) is 6.56. The number of hydrogen-bond acceptors (Lipinski definition) is 2. The Balaban J connectivity index is 2.06. The van der Waals surface area contributed by atoms with E-state index in [0.717, 1.165) is 15.7 Å². The molecule has 0 fully saturated rings. The molecule has 0 atom stereocenters. The van der Waals surface area contributed by atoms with Gasteiger partial charge < -0.3 is 0 Å². The number of benzene rings is 2. The van der Waals surface area contributed by atoms with Crippen LogP contribution in [0.25, 0.3) is 5.69 Å². The molecule has 0 aliphatic rings. The summed E-state index contributed by atoms with van der Waals surface area (Å²) in [7, 11) is 0. The first kappa shape index (κ1) is 13.8. The van der Waals surface area contributed by atoms with Gasteiger partial charge in [0.2, 0.25) is 5.78 Å². The molecule has 0 saturated heterocycles. The minimum atomic E-state index is -0.0410. The van der Waals surface area contributed by atoms with Gasteiger partial charge in [0.15, 0.2) is 0 Å². The lowest BCUT2D eigenvalue weighted by Crippen LogP contribution is -2.10. The zero-order valence-corrected chi connectivity index (χ0v) is 13.0. The van der Waals surface area contributed by atoms with Gasteiger partial charge >= 0.3 is 0 Å². The Morgan fingerprint density at radius 3 is 2.57 bits per heavy atom. The molecule has 0 saturated carbocycles. The first-order chi connectivity index (χ1) is 10.1. The molecule has 0 aliphatic carbocycles. The zero-order valence-electron chi connectivity index (χ0n) is 11.5. The number of nitrogens with zero attached hydrogens (tertiary/aromatic N) is 2. The summed E-state index contributed by atoms with van der Waals surface area (Å²) >= 11 is 3.43. The van der Waals surface area contributed by atoms with Gasteiger partial charge in [-0.05, 0) is 48.9 Å². The van der Waals surface area contributed by atoms with Crippen LogP contribution in [0.1, 0.15) is 21.6 Å². The zero-order chi connectivity index (χ0) is 14.8. The largest absolute Gasteiger partial charge is 0.287 e. The van der Waals surface area contributed by atoms with E-state index in [1.54, 1.807) is 16.9 Å². The number of carbonyl (C=O) groups excluding carboxylic acids is 1. The Hall–Kier alpha value is -2.20. The number of para-hydroxylation sites is 1. The molecule has 4 heteroatoms. The average molecular weight is 341 g/mol. The Kier molecular flexibility index (Phi) is 3.71. The fourth-order valence-electron chi connectivity index (χ4n) is 2.27. The predicted molar refractivity (Wildman–Crippen MR) is 85.9 cm³/mol. The Morgan fingerprint density at radius 1 is 1.10 bits per heavy atom. The van der Waals surface area contributed by atoms with Crippen molar-refractivity contribution in [3.8, 4) is 5.69 Å². The summed E-state index contributed by atoms with van der Waals surface area (Å²) in [6, 6.07) is 17.1. The van der Waals surface area contributed by atoms with Gasteiger partial charge in [-0.2, -0.15) is 5.10 Å². The Morgan fingerprint density at radius 2 is 1.86 bits per heavy atom. The van der Waals surface area contributed by atoms with Crippen LogP contribution in [0.4, 0.5) is 0 Å². The molecule has 0 spiro atoms. The number of ketones is 1. The average Bonchev–Trinajstić information content (AvgIpc) is 2.95. The van der Waals surface area contributed by atoms with Crippen molar-refractivity contribution in [2.45, 2.75) is 6.92 Å². The molecule has 0 bridgehead atoms. The summed E-state index contributed by atoms with van der Waals surface area (Å²) in [5, 5.41) is 4.26. The predicted octanol–water partition coefficient (Wildman–Crippen LogP) is 4.17. The van der Waals surface area contributed by atoms with Crippen LogP contribution in [-0.2, 0) is 0 Å². The number of aromatic nitrogens is 2. The molecule has 0 amide bonds. The lowest BCUT2D eigenvalue weighted by Gasteiger charge is -2.07. The summed E-state index contributed by atoms with van der Waals surface area (Å²) in [6.45, 7) is 1.97. The van der Waals surface area contributed by atoms with Crippen molar-refractivity contribution in [1.82, 2.24) is 9.78 Å². The number of halogens is 1. The normalized spacial score (nSPS) is 10.6. The highest BCUT2D eigenvalue weighted by Gasteiger charge is 2.16. The second-order valence-corrected chi connectivity index (χ2v) is 5.73. The van der Waals surface area contributed by atoms with E-state index in [1.165, 1.54) is 0 Å². The molecule has 104 valence electrons. The monoisotopic (exact) mass is 340 g/mol. The highest BCUT2D eigenvalue weighted by atomic mass is 79.9. The van der Waals surface area contributed by atoms with Crippen LogP contribution in [0.2, 0.25) is 0 Å². The Bertz CT molecular complexity index is 773. The first-order valence-corrected chi connectivity index (χ1v) is 7.36.